The number of hydrogen-bond acceptors (Lipinski definition) is 5. The van der Waals surface area contributed by atoms with E-state index in [2.05, 4.69) is 12.2 Å². The van der Waals surface area contributed by atoms with Crippen LogP contribution in [0.15, 0.2) is 0 Å². The van der Waals surface area contributed by atoms with Crippen molar-refractivity contribution in [2.45, 2.75) is 142 Å². The molecule has 5 nitrogen and oxygen atoms in total. The number of unbranched alkanes of at least 4 members (excludes halogenated alkanes) is 13. The molecule has 0 saturated carbocycles. The van der Waals surface area contributed by atoms with Crippen LogP contribution in [0.4, 0.5) is 0 Å². The smallest absolute Gasteiger partial charge is 0.322 e. The summed E-state index contributed by atoms with van der Waals surface area (Å²) in [6.45, 7) is 8.57. The van der Waals surface area contributed by atoms with Gasteiger partial charge in [0.1, 0.15) is 11.6 Å². The average Bonchev–Trinajstić information content (AvgIpc) is 2.71. The molecule has 0 aliphatic heterocycles. The maximum atomic E-state index is 12.0. The highest BCUT2D eigenvalue weighted by Crippen LogP contribution is 2.13. The molecule has 0 fully saturated rings. The number of methoxy groups -OCH3 is 1. The fourth-order valence-electron chi connectivity index (χ4n) is 3.70. The molecule has 0 aliphatic rings. The van der Waals surface area contributed by atoms with Gasteiger partial charge in [0.15, 0.2) is 0 Å². The molecule has 0 spiro atoms. The third kappa shape index (κ3) is 20.6. The van der Waals surface area contributed by atoms with Crippen LogP contribution in [0.1, 0.15) is 130 Å². The molecule has 0 aromatic heterocycles. The quantitative estimate of drug-likeness (QED) is 0.168. The molecule has 0 bridgehead atoms. The highest BCUT2D eigenvalue weighted by molar-refractivity contribution is 5.77. The van der Waals surface area contributed by atoms with Gasteiger partial charge in [0.25, 0.3) is 0 Å². The van der Waals surface area contributed by atoms with Crippen LogP contribution in [-0.4, -0.2) is 37.2 Å². The lowest BCUT2D eigenvalue weighted by atomic mass is 10.0. The van der Waals surface area contributed by atoms with E-state index >= 15 is 0 Å². The van der Waals surface area contributed by atoms with E-state index < -0.39 is 11.6 Å². The molecule has 0 aromatic rings. The van der Waals surface area contributed by atoms with E-state index in [-0.39, 0.29) is 18.4 Å². The molecular formula is C26H51NO4. The third-order valence-corrected chi connectivity index (χ3v) is 5.46. The second-order valence-electron chi connectivity index (χ2n) is 9.75. The molecule has 184 valence electrons. The molecule has 1 atom stereocenters. The predicted octanol–water partition coefficient (Wildman–Crippen LogP) is 6.72. The Labute approximate surface area is 192 Å². The van der Waals surface area contributed by atoms with Gasteiger partial charge in [-0.05, 0) is 40.2 Å². The summed E-state index contributed by atoms with van der Waals surface area (Å²) in [4.78, 5) is 23.8. The molecule has 0 unspecified atom stereocenters. The average molecular weight is 442 g/mol. The number of nitrogens with one attached hydrogen (secondary N) is 1. The standard InChI is InChI=1S/C26H51NO4/c1-6-7-8-9-10-11-12-13-14-15-16-17-18-19-22-27-23(25(29)30-5)20-21-24(28)31-26(2,3)4/h23,27H,6-22H2,1-5H3/t23-/m0/s1. The van der Waals surface area contributed by atoms with Crippen molar-refractivity contribution in [1.82, 2.24) is 5.32 Å². The first kappa shape index (κ1) is 29.9. The van der Waals surface area contributed by atoms with E-state index in [0.29, 0.717) is 6.42 Å². The minimum atomic E-state index is -0.500. The number of carbonyl (C=O) groups is 2. The maximum absolute atomic E-state index is 12.0. The van der Waals surface area contributed by atoms with Gasteiger partial charge in [-0.1, -0.05) is 90.4 Å². The normalized spacial score (nSPS) is 12.5. The summed E-state index contributed by atoms with van der Waals surface area (Å²) < 4.78 is 10.2. The van der Waals surface area contributed by atoms with Gasteiger partial charge in [0, 0.05) is 6.42 Å². The Bertz CT molecular complexity index is 445. The summed E-state index contributed by atoms with van der Waals surface area (Å²) in [5.41, 5.74) is -0.500. The largest absolute Gasteiger partial charge is 0.468 e. The van der Waals surface area contributed by atoms with Gasteiger partial charge in [-0.2, -0.15) is 0 Å². The maximum Gasteiger partial charge on any atom is 0.322 e. The van der Waals surface area contributed by atoms with Crippen LogP contribution >= 0.6 is 0 Å². The van der Waals surface area contributed by atoms with E-state index in [1.165, 1.54) is 90.6 Å². The number of rotatable bonds is 20. The molecule has 0 aliphatic carbocycles. The van der Waals surface area contributed by atoms with E-state index in [0.717, 1.165) is 13.0 Å². The van der Waals surface area contributed by atoms with E-state index in [1.807, 2.05) is 20.8 Å². The van der Waals surface area contributed by atoms with Gasteiger partial charge in [-0.3, -0.25) is 9.59 Å². The molecule has 0 amide bonds. The Balaban J connectivity index is 3.67. The van der Waals surface area contributed by atoms with Crippen LogP contribution in [-0.2, 0) is 19.1 Å². The predicted molar refractivity (Wildman–Crippen MR) is 129 cm³/mol. The number of hydrogen-bond donors (Lipinski definition) is 1. The van der Waals surface area contributed by atoms with Crippen molar-refractivity contribution >= 4 is 11.9 Å². The van der Waals surface area contributed by atoms with Gasteiger partial charge in [0.2, 0.25) is 0 Å². The Hall–Kier alpha value is -1.10. The highest BCUT2D eigenvalue weighted by Gasteiger charge is 2.22. The van der Waals surface area contributed by atoms with Crippen molar-refractivity contribution in [2.75, 3.05) is 13.7 Å². The molecular weight excluding hydrogens is 390 g/mol. The van der Waals surface area contributed by atoms with Crippen molar-refractivity contribution in [2.24, 2.45) is 0 Å². The summed E-state index contributed by atoms with van der Waals surface area (Å²) in [7, 11) is 1.39. The fourth-order valence-corrected chi connectivity index (χ4v) is 3.70. The van der Waals surface area contributed by atoms with E-state index in [4.69, 9.17) is 9.47 Å². The van der Waals surface area contributed by atoms with Crippen molar-refractivity contribution < 1.29 is 19.1 Å². The van der Waals surface area contributed by atoms with Gasteiger partial charge < -0.3 is 14.8 Å². The summed E-state index contributed by atoms with van der Waals surface area (Å²) in [6.07, 6.45) is 19.2. The fraction of sp³-hybridized carbons (Fsp3) is 0.923. The van der Waals surface area contributed by atoms with Crippen LogP contribution in [0, 0.1) is 0 Å². The van der Waals surface area contributed by atoms with Crippen molar-refractivity contribution in [3.8, 4) is 0 Å². The van der Waals surface area contributed by atoms with Crippen molar-refractivity contribution in [1.29, 1.82) is 0 Å². The Morgan fingerprint density at radius 3 is 1.65 bits per heavy atom. The molecule has 0 aromatic carbocycles. The molecule has 0 heterocycles. The highest BCUT2D eigenvalue weighted by atomic mass is 16.6. The minimum absolute atomic E-state index is 0.211. The molecule has 0 rings (SSSR count). The van der Waals surface area contributed by atoms with Crippen molar-refractivity contribution in [3.63, 3.8) is 0 Å². The molecule has 0 radical (unpaired) electrons. The third-order valence-electron chi connectivity index (χ3n) is 5.46. The monoisotopic (exact) mass is 441 g/mol. The lowest BCUT2D eigenvalue weighted by Crippen LogP contribution is -2.39. The molecule has 0 saturated heterocycles. The van der Waals surface area contributed by atoms with Gasteiger partial charge in [-0.15, -0.1) is 0 Å². The van der Waals surface area contributed by atoms with Crippen molar-refractivity contribution in [3.05, 3.63) is 0 Å². The molecule has 1 N–H and O–H groups in total. The summed E-state index contributed by atoms with van der Waals surface area (Å²) >= 11 is 0. The second-order valence-corrected chi connectivity index (χ2v) is 9.75. The SMILES string of the molecule is CCCCCCCCCCCCCCCCN[C@@H](CCC(=O)OC(C)(C)C)C(=O)OC. The Kier molecular flexibility index (Phi) is 18.9. The van der Waals surface area contributed by atoms with Crippen LogP contribution in [0.3, 0.4) is 0 Å². The summed E-state index contributed by atoms with van der Waals surface area (Å²) in [5, 5.41) is 3.25. The summed E-state index contributed by atoms with van der Waals surface area (Å²) in [5.74, 6) is -0.589. The Morgan fingerprint density at radius 2 is 1.23 bits per heavy atom. The first-order chi connectivity index (χ1) is 14.8. The van der Waals surface area contributed by atoms with Crippen LogP contribution < -0.4 is 5.32 Å². The number of carbonyl (C=O) groups excluding carboxylic acids is 2. The van der Waals surface area contributed by atoms with Gasteiger partial charge >= 0.3 is 11.9 Å². The number of esters is 2. The zero-order chi connectivity index (χ0) is 23.4. The zero-order valence-electron chi connectivity index (χ0n) is 21.2. The Morgan fingerprint density at radius 1 is 0.774 bits per heavy atom. The number of ether oxygens (including phenoxy) is 2. The second kappa shape index (κ2) is 19.6. The van der Waals surface area contributed by atoms with Gasteiger partial charge in [0.05, 0.1) is 7.11 Å². The van der Waals surface area contributed by atoms with Gasteiger partial charge in [-0.25, -0.2) is 0 Å². The van der Waals surface area contributed by atoms with Crippen LogP contribution in [0.2, 0.25) is 0 Å². The first-order valence-electron chi connectivity index (χ1n) is 12.8. The first-order valence-corrected chi connectivity index (χ1v) is 12.8. The lowest BCUT2D eigenvalue weighted by Gasteiger charge is -2.21. The molecule has 5 heteroatoms. The molecule has 31 heavy (non-hydrogen) atoms. The van der Waals surface area contributed by atoms with E-state index in [1.54, 1.807) is 0 Å². The van der Waals surface area contributed by atoms with Crippen LogP contribution in [0.5, 0.6) is 0 Å². The summed E-state index contributed by atoms with van der Waals surface area (Å²) in [6, 6.07) is -0.445. The zero-order valence-corrected chi connectivity index (χ0v) is 21.2. The minimum Gasteiger partial charge on any atom is -0.468 e. The van der Waals surface area contributed by atoms with Crippen LogP contribution in [0.25, 0.3) is 0 Å². The topological polar surface area (TPSA) is 64.6 Å². The lowest BCUT2D eigenvalue weighted by molar-refractivity contribution is -0.155. The van der Waals surface area contributed by atoms with E-state index in [9.17, 15) is 9.59 Å².